The third kappa shape index (κ3) is 4.99. The molecule has 0 aromatic heterocycles. The largest absolute Gasteiger partial charge is 0.493 e. The molecule has 1 saturated heterocycles. The fourth-order valence-electron chi connectivity index (χ4n) is 2.67. The molecule has 1 amide bonds. The Morgan fingerprint density at radius 2 is 2.26 bits per heavy atom. The molecule has 2 atom stereocenters. The van der Waals surface area contributed by atoms with E-state index in [0.29, 0.717) is 17.4 Å². The van der Waals surface area contributed by atoms with Crippen LogP contribution >= 0.6 is 0 Å². The predicted octanol–water partition coefficient (Wildman–Crippen LogP) is 2.22. The Labute approximate surface area is 138 Å². The second-order valence-electron chi connectivity index (χ2n) is 5.84. The Balaban J connectivity index is 1.90. The van der Waals surface area contributed by atoms with Crippen LogP contribution in [0.1, 0.15) is 25.8 Å². The van der Waals surface area contributed by atoms with Gasteiger partial charge < -0.3 is 20.1 Å². The third-order valence-electron chi connectivity index (χ3n) is 4.08. The van der Waals surface area contributed by atoms with Gasteiger partial charge in [0.1, 0.15) is 0 Å². The van der Waals surface area contributed by atoms with Gasteiger partial charge in [0, 0.05) is 12.6 Å². The maximum absolute atomic E-state index is 12.1. The Morgan fingerprint density at radius 1 is 1.43 bits per heavy atom. The number of allylic oxidation sites excluding steroid dienone is 1. The van der Waals surface area contributed by atoms with Crippen molar-refractivity contribution >= 4 is 12.0 Å². The van der Waals surface area contributed by atoms with E-state index < -0.39 is 0 Å². The molecule has 0 spiro atoms. The minimum Gasteiger partial charge on any atom is -0.493 e. The van der Waals surface area contributed by atoms with Crippen LogP contribution in [0.25, 0.3) is 6.08 Å². The average Bonchev–Trinajstić information content (AvgIpc) is 2.56. The van der Waals surface area contributed by atoms with Gasteiger partial charge in [-0.25, -0.2) is 0 Å². The second kappa shape index (κ2) is 8.58. The molecular weight excluding hydrogens is 292 g/mol. The normalized spacial score (nSPS) is 21.2. The minimum absolute atomic E-state index is 0.0114. The number of hydrogen-bond donors (Lipinski definition) is 2. The summed E-state index contributed by atoms with van der Waals surface area (Å²) < 4.78 is 10.9. The zero-order chi connectivity index (χ0) is 16.7. The Morgan fingerprint density at radius 3 is 2.96 bits per heavy atom. The summed E-state index contributed by atoms with van der Waals surface area (Å²) in [5.74, 6) is 1.58. The molecule has 1 heterocycles. The minimum atomic E-state index is -0.106. The van der Waals surface area contributed by atoms with E-state index in [4.69, 9.17) is 9.47 Å². The number of benzene rings is 1. The molecule has 1 aliphatic heterocycles. The van der Waals surface area contributed by atoms with Crippen molar-refractivity contribution in [1.82, 2.24) is 10.6 Å². The molecule has 1 aromatic carbocycles. The van der Waals surface area contributed by atoms with Crippen molar-refractivity contribution in [2.24, 2.45) is 5.92 Å². The number of piperidine rings is 1. The number of rotatable bonds is 6. The highest BCUT2D eigenvalue weighted by atomic mass is 16.5. The number of carbonyl (C=O) groups is 1. The van der Waals surface area contributed by atoms with Gasteiger partial charge in [0.15, 0.2) is 18.1 Å². The Hall–Kier alpha value is -2.01. The first-order valence-corrected chi connectivity index (χ1v) is 8.07. The van der Waals surface area contributed by atoms with Crippen LogP contribution in [0, 0.1) is 5.92 Å². The molecule has 0 saturated carbocycles. The van der Waals surface area contributed by atoms with Gasteiger partial charge in [0.2, 0.25) is 0 Å². The predicted molar refractivity (Wildman–Crippen MR) is 91.8 cm³/mol. The van der Waals surface area contributed by atoms with Gasteiger partial charge in [-0.3, -0.25) is 4.79 Å². The number of hydrogen-bond acceptors (Lipinski definition) is 4. The standard InChI is InChI=1S/C18H26N2O3/c1-4-5-14-6-7-16(17(10-14)22-3)23-12-18(21)20-15-11-19-9-8-13(15)2/h4-7,10,13,15,19H,8-9,11-12H2,1-3H3,(H,20,21)/b5-4+. The van der Waals surface area contributed by atoms with Crippen LogP contribution in [-0.4, -0.2) is 38.8 Å². The number of amides is 1. The van der Waals surface area contributed by atoms with E-state index in [1.165, 1.54) is 0 Å². The highest BCUT2D eigenvalue weighted by molar-refractivity contribution is 5.78. The molecule has 5 nitrogen and oxygen atoms in total. The van der Waals surface area contributed by atoms with E-state index >= 15 is 0 Å². The number of methoxy groups -OCH3 is 1. The van der Waals surface area contributed by atoms with Crippen LogP contribution < -0.4 is 20.1 Å². The Kier molecular flexibility index (Phi) is 6.47. The summed E-state index contributed by atoms with van der Waals surface area (Å²) in [6, 6.07) is 5.81. The van der Waals surface area contributed by atoms with Crippen LogP contribution in [0.15, 0.2) is 24.3 Å². The van der Waals surface area contributed by atoms with Crippen molar-refractivity contribution < 1.29 is 14.3 Å². The van der Waals surface area contributed by atoms with Crippen LogP contribution in [0.3, 0.4) is 0 Å². The van der Waals surface area contributed by atoms with Crippen molar-refractivity contribution in [3.63, 3.8) is 0 Å². The van der Waals surface area contributed by atoms with Gasteiger partial charge in [0.25, 0.3) is 5.91 Å². The summed E-state index contributed by atoms with van der Waals surface area (Å²) in [6.07, 6.45) is 5.02. The van der Waals surface area contributed by atoms with Gasteiger partial charge in [-0.1, -0.05) is 25.1 Å². The molecule has 2 rings (SSSR count). The Bertz CT molecular complexity index is 557. The average molecular weight is 318 g/mol. The summed E-state index contributed by atoms with van der Waals surface area (Å²) in [6.45, 7) is 5.94. The molecule has 0 bridgehead atoms. The fourth-order valence-corrected chi connectivity index (χ4v) is 2.67. The molecule has 2 unspecified atom stereocenters. The molecule has 1 fully saturated rings. The zero-order valence-electron chi connectivity index (χ0n) is 14.1. The van der Waals surface area contributed by atoms with Crippen LogP contribution in [-0.2, 0) is 4.79 Å². The first-order chi connectivity index (χ1) is 11.1. The molecule has 1 aromatic rings. The molecule has 23 heavy (non-hydrogen) atoms. The number of carbonyl (C=O) groups excluding carboxylic acids is 1. The molecule has 0 aliphatic carbocycles. The number of nitrogens with one attached hydrogen (secondary N) is 2. The molecule has 2 N–H and O–H groups in total. The summed E-state index contributed by atoms with van der Waals surface area (Å²) in [5.41, 5.74) is 1.03. The second-order valence-corrected chi connectivity index (χ2v) is 5.84. The molecule has 0 radical (unpaired) electrons. The smallest absolute Gasteiger partial charge is 0.258 e. The third-order valence-corrected chi connectivity index (χ3v) is 4.08. The first-order valence-electron chi connectivity index (χ1n) is 8.07. The lowest BCUT2D eigenvalue weighted by Crippen LogP contribution is -2.51. The zero-order valence-corrected chi connectivity index (χ0v) is 14.1. The van der Waals surface area contributed by atoms with E-state index in [-0.39, 0.29) is 18.6 Å². The quantitative estimate of drug-likeness (QED) is 0.844. The monoisotopic (exact) mass is 318 g/mol. The maximum atomic E-state index is 12.1. The molecule has 5 heteroatoms. The number of ether oxygens (including phenoxy) is 2. The molecule has 126 valence electrons. The summed E-state index contributed by atoms with van der Waals surface area (Å²) >= 11 is 0. The van der Waals surface area contributed by atoms with Crippen molar-refractivity contribution in [1.29, 1.82) is 0 Å². The topological polar surface area (TPSA) is 59.6 Å². The van der Waals surface area contributed by atoms with Gasteiger partial charge in [0.05, 0.1) is 7.11 Å². The first kappa shape index (κ1) is 17.3. The van der Waals surface area contributed by atoms with E-state index in [9.17, 15) is 4.79 Å². The highest BCUT2D eigenvalue weighted by Crippen LogP contribution is 2.28. The van der Waals surface area contributed by atoms with Gasteiger partial charge in [-0.15, -0.1) is 0 Å². The summed E-state index contributed by atoms with van der Waals surface area (Å²) in [7, 11) is 1.59. The van der Waals surface area contributed by atoms with Gasteiger partial charge in [-0.2, -0.15) is 0 Å². The van der Waals surface area contributed by atoms with Gasteiger partial charge >= 0.3 is 0 Å². The van der Waals surface area contributed by atoms with Gasteiger partial charge in [-0.05, 0) is 43.5 Å². The lowest BCUT2D eigenvalue weighted by molar-refractivity contribution is -0.124. The van der Waals surface area contributed by atoms with E-state index in [1.807, 2.05) is 37.3 Å². The van der Waals surface area contributed by atoms with Crippen LogP contribution in [0.4, 0.5) is 0 Å². The highest BCUT2D eigenvalue weighted by Gasteiger charge is 2.22. The van der Waals surface area contributed by atoms with E-state index in [2.05, 4.69) is 17.6 Å². The van der Waals surface area contributed by atoms with E-state index in [1.54, 1.807) is 7.11 Å². The fraction of sp³-hybridized carbons (Fsp3) is 0.500. The SMILES string of the molecule is C/C=C/c1ccc(OCC(=O)NC2CNCCC2C)c(OC)c1. The summed E-state index contributed by atoms with van der Waals surface area (Å²) in [5, 5.41) is 6.33. The maximum Gasteiger partial charge on any atom is 0.258 e. The van der Waals surface area contributed by atoms with Crippen molar-refractivity contribution in [3.05, 3.63) is 29.8 Å². The van der Waals surface area contributed by atoms with E-state index in [0.717, 1.165) is 25.1 Å². The lowest BCUT2D eigenvalue weighted by atomic mass is 9.95. The van der Waals surface area contributed by atoms with Crippen molar-refractivity contribution in [2.45, 2.75) is 26.3 Å². The van der Waals surface area contributed by atoms with Crippen LogP contribution in [0.2, 0.25) is 0 Å². The lowest BCUT2D eigenvalue weighted by Gasteiger charge is -2.30. The van der Waals surface area contributed by atoms with Crippen molar-refractivity contribution in [3.8, 4) is 11.5 Å². The summed E-state index contributed by atoms with van der Waals surface area (Å²) in [4.78, 5) is 12.1. The molecular formula is C18H26N2O3. The van der Waals surface area contributed by atoms with Crippen molar-refractivity contribution in [2.75, 3.05) is 26.8 Å². The molecule has 1 aliphatic rings. The van der Waals surface area contributed by atoms with Crippen LogP contribution in [0.5, 0.6) is 11.5 Å².